The molecule has 1 amide bonds. The van der Waals surface area contributed by atoms with Crippen molar-refractivity contribution in [1.29, 1.82) is 0 Å². The van der Waals surface area contributed by atoms with Gasteiger partial charge in [0.15, 0.2) is 0 Å². The number of carbonyl (C=O) groups is 1. The predicted molar refractivity (Wildman–Crippen MR) is 141 cm³/mol. The largest absolute Gasteiger partial charge is 0.329 e. The van der Waals surface area contributed by atoms with Crippen molar-refractivity contribution in [3.05, 3.63) is 29.6 Å². The molecule has 2 atom stereocenters. The third kappa shape index (κ3) is 6.66. The van der Waals surface area contributed by atoms with Gasteiger partial charge in [-0.2, -0.15) is 0 Å². The van der Waals surface area contributed by atoms with Gasteiger partial charge < -0.3 is 14.8 Å². The molecule has 0 spiro atoms. The summed E-state index contributed by atoms with van der Waals surface area (Å²) in [6.07, 6.45) is 11.6. The highest BCUT2D eigenvalue weighted by molar-refractivity contribution is 8.07. The van der Waals surface area contributed by atoms with E-state index in [1.54, 1.807) is 0 Å². The zero-order valence-corrected chi connectivity index (χ0v) is 22.3. The number of nitrogens with one attached hydrogen (secondary N) is 1. The Morgan fingerprint density at radius 3 is 2.38 bits per heavy atom. The molecular formula is C27H47N3OS. The van der Waals surface area contributed by atoms with Gasteiger partial charge in [0.2, 0.25) is 0 Å². The monoisotopic (exact) mass is 461 g/mol. The van der Waals surface area contributed by atoms with Gasteiger partial charge in [-0.1, -0.05) is 60.3 Å². The summed E-state index contributed by atoms with van der Waals surface area (Å²) in [5.74, 6) is 1.55. The summed E-state index contributed by atoms with van der Waals surface area (Å²) >= 11 is 1.88. The Labute approximate surface area is 201 Å². The summed E-state index contributed by atoms with van der Waals surface area (Å²) in [6, 6.07) is 4.97. The number of fused-ring (bicyclic) bond motifs is 1. The molecule has 0 saturated carbocycles. The highest BCUT2D eigenvalue weighted by Gasteiger charge is 2.36. The number of carbonyl (C=O) groups excluding carboxylic acids is 1. The first-order valence-electron chi connectivity index (χ1n) is 13.1. The molecule has 1 aromatic rings. The Morgan fingerprint density at radius 2 is 1.78 bits per heavy atom. The van der Waals surface area contributed by atoms with E-state index in [0.717, 1.165) is 30.8 Å². The Hall–Kier alpha value is -1.20. The van der Waals surface area contributed by atoms with Crippen LogP contribution in [0, 0.1) is 5.92 Å². The van der Waals surface area contributed by atoms with E-state index in [-0.39, 0.29) is 17.9 Å². The van der Waals surface area contributed by atoms with Crippen molar-refractivity contribution in [1.82, 2.24) is 14.8 Å². The van der Waals surface area contributed by atoms with Crippen LogP contribution in [0.1, 0.15) is 105 Å². The van der Waals surface area contributed by atoms with Crippen molar-refractivity contribution in [2.45, 2.75) is 105 Å². The van der Waals surface area contributed by atoms with Gasteiger partial charge in [-0.25, -0.2) is 0 Å². The van der Waals surface area contributed by atoms with Crippen LogP contribution in [0.15, 0.2) is 23.9 Å². The van der Waals surface area contributed by atoms with E-state index >= 15 is 0 Å². The van der Waals surface area contributed by atoms with E-state index in [4.69, 9.17) is 0 Å². The Morgan fingerprint density at radius 1 is 1.06 bits per heavy atom. The Balaban J connectivity index is 2.43. The van der Waals surface area contributed by atoms with Crippen molar-refractivity contribution in [2.24, 2.45) is 5.92 Å². The van der Waals surface area contributed by atoms with E-state index in [9.17, 15) is 4.79 Å². The van der Waals surface area contributed by atoms with Crippen molar-refractivity contribution in [2.75, 3.05) is 18.8 Å². The van der Waals surface area contributed by atoms with Crippen LogP contribution < -0.4 is 5.32 Å². The van der Waals surface area contributed by atoms with Gasteiger partial charge in [-0.3, -0.25) is 4.79 Å². The lowest BCUT2D eigenvalue weighted by Gasteiger charge is -2.32. The van der Waals surface area contributed by atoms with Gasteiger partial charge in [0.25, 0.3) is 5.91 Å². The number of hydrogen-bond donors (Lipinski definition) is 1. The molecule has 0 aliphatic carbocycles. The van der Waals surface area contributed by atoms with Crippen LogP contribution in [0.3, 0.4) is 0 Å². The maximum Gasteiger partial charge on any atom is 0.253 e. The molecule has 1 aromatic heterocycles. The number of hydrogen-bond acceptors (Lipinski definition) is 3. The molecule has 5 heteroatoms. The van der Waals surface area contributed by atoms with Crippen molar-refractivity contribution in [3.63, 3.8) is 0 Å². The second-order valence-corrected chi connectivity index (χ2v) is 10.3. The molecular weight excluding hydrogens is 414 g/mol. The second kappa shape index (κ2) is 14.1. The molecule has 2 heterocycles. The Bertz CT molecular complexity index is 720. The maximum atomic E-state index is 14.0. The highest BCUT2D eigenvalue weighted by Crippen LogP contribution is 2.39. The van der Waals surface area contributed by atoms with Crippen LogP contribution in [0.25, 0.3) is 5.03 Å². The molecule has 1 aliphatic heterocycles. The molecule has 2 rings (SSSR count). The zero-order chi connectivity index (χ0) is 23.5. The lowest BCUT2D eigenvalue weighted by atomic mass is 9.97. The average molecular weight is 462 g/mol. The molecule has 4 nitrogen and oxygen atoms in total. The molecule has 1 N–H and O–H groups in total. The zero-order valence-electron chi connectivity index (χ0n) is 21.5. The summed E-state index contributed by atoms with van der Waals surface area (Å²) in [5.41, 5.74) is 2.25. The number of likely N-dealkylation sites (N-methyl/N-ethyl adjacent to an activating group) is 1. The lowest BCUT2D eigenvalue weighted by molar-refractivity contribution is -0.129. The molecule has 32 heavy (non-hydrogen) atoms. The number of aromatic nitrogens is 1. The number of unbranched alkanes of at least 4 members (excludes halogenated alkanes) is 2. The van der Waals surface area contributed by atoms with Crippen molar-refractivity contribution in [3.8, 4) is 0 Å². The van der Waals surface area contributed by atoms with Crippen molar-refractivity contribution >= 4 is 22.7 Å². The quantitative estimate of drug-likeness (QED) is 0.283. The first-order chi connectivity index (χ1) is 15.5. The number of rotatable bonds is 15. The number of nitrogens with zero attached hydrogens (tertiary/aromatic N) is 2. The van der Waals surface area contributed by atoms with E-state index in [0.29, 0.717) is 6.04 Å². The first kappa shape index (κ1) is 27.0. The highest BCUT2D eigenvalue weighted by atomic mass is 32.2. The maximum absolute atomic E-state index is 14.0. The normalized spacial score (nSPS) is 17.8. The second-order valence-electron chi connectivity index (χ2n) is 9.18. The Kier molecular flexibility index (Phi) is 12.0. The van der Waals surface area contributed by atoms with Gasteiger partial charge in [-0.05, 0) is 56.4 Å². The summed E-state index contributed by atoms with van der Waals surface area (Å²) in [6.45, 7) is 14.8. The molecule has 0 saturated heterocycles. The van der Waals surface area contributed by atoms with Crippen LogP contribution in [0.5, 0.6) is 0 Å². The molecule has 2 unspecified atom stereocenters. The van der Waals surface area contributed by atoms with E-state index in [2.05, 4.69) is 74.7 Å². The third-order valence-electron chi connectivity index (χ3n) is 6.75. The molecule has 0 aromatic carbocycles. The van der Waals surface area contributed by atoms with Crippen molar-refractivity contribution < 1.29 is 4.79 Å². The SMILES string of the molecule is CCCCCSC1=C(C(C)CC)C(=O)N(CC)C(CNC(CCC)CCC)c2cccn21. The minimum absolute atomic E-state index is 0.0616. The fraction of sp³-hybridized carbons (Fsp3) is 0.741. The minimum atomic E-state index is 0.0616. The third-order valence-corrected chi connectivity index (χ3v) is 7.93. The van der Waals surface area contributed by atoms with E-state index in [1.807, 2.05) is 11.8 Å². The van der Waals surface area contributed by atoms with Gasteiger partial charge >= 0.3 is 0 Å². The topological polar surface area (TPSA) is 37.3 Å². The molecule has 182 valence electrons. The molecule has 0 bridgehead atoms. The van der Waals surface area contributed by atoms with Crippen LogP contribution in [-0.4, -0.2) is 40.3 Å². The minimum Gasteiger partial charge on any atom is -0.329 e. The summed E-state index contributed by atoms with van der Waals surface area (Å²) in [4.78, 5) is 16.1. The van der Waals surface area contributed by atoms with Gasteiger partial charge in [0, 0.05) is 31.0 Å². The predicted octanol–water partition coefficient (Wildman–Crippen LogP) is 7.09. The summed E-state index contributed by atoms with van der Waals surface area (Å²) in [7, 11) is 0. The van der Waals surface area contributed by atoms with Crippen LogP contribution in [0.2, 0.25) is 0 Å². The first-order valence-corrected chi connectivity index (χ1v) is 14.1. The number of amides is 1. The number of thioether (sulfide) groups is 1. The van der Waals surface area contributed by atoms with Gasteiger partial charge in [0.05, 0.1) is 16.6 Å². The average Bonchev–Trinajstić information content (AvgIpc) is 3.24. The molecule has 0 radical (unpaired) electrons. The fourth-order valence-electron chi connectivity index (χ4n) is 4.72. The lowest BCUT2D eigenvalue weighted by Crippen LogP contribution is -2.43. The summed E-state index contributed by atoms with van der Waals surface area (Å²) < 4.78 is 2.34. The van der Waals surface area contributed by atoms with Crippen LogP contribution >= 0.6 is 11.8 Å². The van der Waals surface area contributed by atoms with Crippen LogP contribution in [-0.2, 0) is 4.79 Å². The van der Waals surface area contributed by atoms with Gasteiger partial charge in [0.1, 0.15) is 0 Å². The van der Waals surface area contributed by atoms with Gasteiger partial charge in [-0.15, -0.1) is 11.8 Å². The van der Waals surface area contributed by atoms with E-state index in [1.165, 1.54) is 55.7 Å². The van der Waals surface area contributed by atoms with E-state index < -0.39 is 0 Å². The van der Waals surface area contributed by atoms with Crippen LogP contribution in [0.4, 0.5) is 0 Å². The summed E-state index contributed by atoms with van der Waals surface area (Å²) in [5, 5.41) is 5.00. The molecule has 1 aliphatic rings. The smallest absolute Gasteiger partial charge is 0.253 e. The molecule has 0 fully saturated rings. The standard InChI is InChI=1S/C27H47N3OS/c1-7-12-13-19-32-27-25(21(6)10-4)26(31)29(11-5)24(23-17-14-18-30(23)27)20-28-22(15-8-2)16-9-3/h14,17-18,21-22,24,28H,7-13,15-16,19-20H2,1-6H3. The fourth-order valence-corrected chi connectivity index (χ4v) is 6.02.